The van der Waals surface area contributed by atoms with Crippen molar-refractivity contribution in [2.24, 2.45) is 0 Å². The minimum absolute atomic E-state index is 0.102. The Balaban J connectivity index is 1.43. The highest BCUT2D eigenvalue weighted by molar-refractivity contribution is 8.33. The highest BCUT2D eigenvalue weighted by atomic mass is 35.5. The number of rotatable bonds is 10. The van der Waals surface area contributed by atoms with E-state index < -0.39 is 8.49 Å². The number of hydrogen-bond acceptors (Lipinski definition) is 6. The lowest BCUT2D eigenvalue weighted by atomic mass is 10.0. The number of aromatic nitrogens is 3. The maximum Gasteiger partial charge on any atom is 0.164 e. The number of hydrogen-bond donors (Lipinski definition) is 1. The Bertz CT molecular complexity index is 1670. The Labute approximate surface area is 228 Å². The molecule has 0 saturated carbocycles. The van der Waals surface area contributed by atoms with Crippen LogP contribution >= 0.6 is 22.9 Å². The molecule has 2 aromatic carbocycles. The van der Waals surface area contributed by atoms with Crippen molar-refractivity contribution in [3.8, 4) is 5.75 Å². The molecule has 0 aliphatic heterocycles. The molecule has 3 aromatic heterocycles. The zero-order valence-electron chi connectivity index (χ0n) is 20.0. The van der Waals surface area contributed by atoms with E-state index in [-0.39, 0.29) is 11.5 Å². The predicted molar refractivity (Wildman–Crippen MR) is 152 cm³/mol. The summed E-state index contributed by atoms with van der Waals surface area (Å²) in [6, 6.07) is 19.1. The third-order valence-corrected chi connectivity index (χ3v) is 10.8. The summed E-state index contributed by atoms with van der Waals surface area (Å²) < 4.78 is 22.1. The molecule has 0 amide bonds. The Morgan fingerprint density at radius 1 is 1.16 bits per heavy atom. The van der Waals surface area contributed by atoms with Crippen LogP contribution in [0.5, 0.6) is 5.75 Å². The van der Waals surface area contributed by atoms with Gasteiger partial charge in [-0.15, -0.1) is 11.3 Å². The smallest absolute Gasteiger partial charge is 0.164 e. The second-order valence-electron chi connectivity index (χ2n) is 8.62. The van der Waals surface area contributed by atoms with Crippen LogP contribution in [-0.4, -0.2) is 31.9 Å². The molecule has 3 heterocycles. The quantitative estimate of drug-likeness (QED) is 0.201. The SMILES string of the molecule is COc1cccc2c1c(CS(=O)(=S)c1ccc(Cl)s1)nn2Cc1cccc(CCC(=O)c2cc[nH]c2)c1. The van der Waals surface area contributed by atoms with Gasteiger partial charge >= 0.3 is 0 Å². The van der Waals surface area contributed by atoms with E-state index in [2.05, 4.69) is 11.1 Å². The molecule has 10 heteroatoms. The second-order valence-corrected chi connectivity index (χ2v) is 14.2. The van der Waals surface area contributed by atoms with E-state index in [9.17, 15) is 9.00 Å². The van der Waals surface area contributed by atoms with E-state index in [1.807, 2.05) is 41.1 Å². The van der Waals surface area contributed by atoms with E-state index in [4.69, 9.17) is 32.6 Å². The molecule has 0 aliphatic carbocycles. The maximum atomic E-state index is 13.5. The lowest BCUT2D eigenvalue weighted by molar-refractivity contribution is 0.0983. The average molecular weight is 570 g/mol. The number of carbonyl (C=O) groups excluding carboxylic acids is 1. The number of halogens is 1. The van der Waals surface area contributed by atoms with Crippen molar-refractivity contribution in [3.63, 3.8) is 0 Å². The van der Waals surface area contributed by atoms with Crippen LogP contribution in [0.4, 0.5) is 0 Å². The van der Waals surface area contributed by atoms with Gasteiger partial charge in [-0.25, -0.2) is 0 Å². The number of methoxy groups -OCH3 is 1. The predicted octanol–water partition coefficient (Wildman–Crippen LogP) is 6.26. The van der Waals surface area contributed by atoms with E-state index in [1.165, 1.54) is 11.3 Å². The third kappa shape index (κ3) is 5.65. The Morgan fingerprint density at radius 2 is 1.97 bits per heavy atom. The molecule has 1 atom stereocenters. The number of ketones is 1. The van der Waals surface area contributed by atoms with Gasteiger partial charge in [-0.05, 0) is 59.1 Å². The lowest BCUT2D eigenvalue weighted by Gasteiger charge is -2.07. The fraction of sp³-hybridized carbons (Fsp3) is 0.185. The number of fused-ring (bicyclic) bond motifs is 1. The van der Waals surface area contributed by atoms with Crippen molar-refractivity contribution < 1.29 is 13.7 Å². The summed E-state index contributed by atoms with van der Waals surface area (Å²) in [6.07, 6.45) is 4.57. The summed E-state index contributed by atoms with van der Waals surface area (Å²) in [5.41, 5.74) is 4.33. The van der Waals surface area contributed by atoms with Crippen LogP contribution in [-0.2, 0) is 38.4 Å². The molecule has 0 bridgehead atoms. The number of aromatic amines is 1. The lowest BCUT2D eigenvalue weighted by Crippen LogP contribution is -2.06. The van der Waals surface area contributed by atoms with Crippen LogP contribution in [0.3, 0.4) is 0 Å². The largest absolute Gasteiger partial charge is 0.496 e. The molecule has 1 unspecified atom stereocenters. The zero-order chi connectivity index (χ0) is 26.0. The molecule has 5 rings (SSSR count). The fourth-order valence-electron chi connectivity index (χ4n) is 4.34. The number of aryl methyl sites for hydroxylation is 1. The van der Waals surface area contributed by atoms with Gasteiger partial charge in [0.25, 0.3) is 0 Å². The summed E-state index contributed by atoms with van der Waals surface area (Å²) >= 11 is 12.9. The molecule has 0 radical (unpaired) electrons. The number of benzene rings is 2. The van der Waals surface area contributed by atoms with Gasteiger partial charge < -0.3 is 9.72 Å². The molecule has 190 valence electrons. The molecule has 0 saturated heterocycles. The Morgan fingerprint density at radius 3 is 2.70 bits per heavy atom. The number of nitrogens with one attached hydrogen (secondary N) is 1. The van der Waals surface area contributed by atoms with E-state index in [0.29, 0.717) is 44.9 Å². The first-order valence-electron chi connectivity index (χ1n) is 11.6. The van der Waals surface area contributed by atoms with Crippen LogP contribution in [0, 0.1) is 0 Å². The van der Waals surface area contributed by atoms with Gasteiger partial charge in [0.2, 0.25) is 0 Å². The third-order valence-electron chi connectivity index (χ3n) is 6.10. The molecule has 37 heavy (non-hydrogen) atoms. The standard InChI is InChI=1S/C27H24ClN3O3S3/c1-34-24-7-3-6-22-27(24)21(17-37(33,35)26-11-10-25(28)36-26)30-31(22)16-19-5-2-4-18(14-19)8-9-23(32)20-12-13-29-15-20/h2-7,10-15,29H,8-9,16-17H2,1H3. The van der Waals surface area contributed by atoms with Crippen LogP contribution in [0.15, 0.2) is 77.3 Å². The number of carbonyl (C=O) groups is 1. The molecule has 0 aliphatic rings. The van der Waals surface area contributed by atoms with Crippen LogP contribution < -0.4 is 4.74 Å². The van der Waals surface area contributed by atoms with Gasteiger partial charge in [-0.2, -0.15) is 5.10 Å². The van der Waals surface area contributed by atoms with Gasteiger partial charge in [0, 0.05) is 24.4 Å². The van der Waals surface area contributed by atoms with Crippen molar-refractivity contribution in [2.45, 2.75) is 29.3 Å². The first-order chi connectivity index (χ1) is 17.8. The number of H-pyrrole nitrogens is 1. The number of thiophene rings is 1. The summed E-state index contributed by atoms with van der Waals surface area (Å²) in [7, 11) is -1.20. The minimum Gasteiger partial charge on any atom is -0.496 e. The van der Waals surface area contributed by atoms with Gasteiger partial charge in [0.15, 0.2) is 5.78 Å². The zero-order valence-corrected chi connectivity index (χ0v) is 23.2. The molecule has 6 nitrogen and oxygen atoms in total. The highest BCUT2D eigenvalue weighted by Gasteiger charge is 2.22. The van der Waals surface area contributed by atoms with Crippen molar-refractivity contribution in [3.05, 3.63) is 99.8 Å². The van der Waals surface area contributed by atoms with Gasteiger partial charge in [-0.3, -0.25) is 13.7 Å². The minimum atomic E-state index is -2.81. The van der Waals surface area contributed by atoms with Crippen molar-refractivity contribution in [2.75, 3.05) is 7.11 Å². The molecular weight excluding hydrogens is 546 g/mol. The Hall–Kier alpha value is -2.98. The Kier molecular flexibility index (Phi) is 7.48. The molecule has 0 fully saturated rings. The first kappa shape index (κ1) is 25.7. The molecule has 1 N–H and O–H groups in total. The second kappa shape index (κ2) is 10.8. The fourth-order valence-corrected chi connectivity index (χ4v) is 7.99. The topological polar surface area (TPSA) is 77.0 Å². The normalized spacial score (nSPS) is 13.0. The van der Waals surface area contributed by atoms with E-state index >= 15 is 0 Å². The number of Topliss-reactive ketones (excluding diaryl/α,β-unsaturated/α-hetero) is 1. The van der Waals surface area contributed by atoms with Crippen molar-refractivity contribution in [1.29, 1.82) is 0 Å². The summed E-state index contributed by atoms with van der Waals surface area (Å²) in [5, 5.41) is 5.66. The van der Waals surface area contributed by atoms with Gasteiger partial charge in [0.05, 0.1) is 53.0 Å². The number of ether oxygens (including phenoxy) is 1. The summed E-state index contributed by atoms with van der Waals surface area (Å²) in [5.74, 6) is 0.871. The van der Waals surface area contributed by atoms with Crippen LogP contribution in [0.1, 0.15) is 33.6 Å². The number of nitrogens with zero attached hydrogens (tertiary/aromatic N) is 2. The van der Waals surface area contributed by atoms with Crippen LogP contribution in [0.25, 0.3) is 10.9 Å². The summed E-state index contributed by atoms with van der Waals surface area (Å²) in [4.78, 5) is 15.3. The van der Waals surface area contributed by atoms with E-state index in [1.54, 1.807) is 37.7 Å². The average Bonchev–Trinajstić information content (AvgIpc) is 3.64. The monoisotopic (exact) mass is 569 g/mol. The summed E-state index contributed by atoms with van der Waals surface area (Å²) in [6.45, 7) is 0.507. The van der Waals surface area contributed by atoms with Gasteiger partial charge in [0.1, 0.15) is 5.75 Å². The van der Waals surface area contributed by atoms with Crippen molar-refractivity contribution >= 4 is 59.3 Å². The maximum absolute atomic E-state index is 13.5. The van der Waals surface area contributed by atoms with E-state index in [0.717, 1.165) is 22.0 Å². The van der Waals surface area contributed by atoms with Crippen molar-refractivity contribution in [1.82, 2.24) is 14.8 Å². The molecule has 5 aromatic rings. The van der Waals surface area contributed by atoms with Crippen LogP contribution in [0.2, 0.25) is 4.34 Å². The first-order valence-corrected chi connectivity index (χ1v) is 15.4. The highest BCUT2D eigenvalue weighted by Crippen LogP contribution is 2.34. The van der Waals surface area contributed by atoms with Gasteiger partial charge in [-0.1, -0.05) is 41.9 Å². The molecular formula is C27H24ClN3O3S3. The molecule has 0 spiro atoms.